The Balaban J connectivity index is 2.15. The molecule has 0 bridgehead atoms. The van der Waals surface area contributed by atoms with Gasteiger partial charge in [0.25, 0.3) is 5.91 Å². The molecule has 0 saturated carbocycles. The van der Waals surface area contributed by atoms with E-state index in [0.29, 0.717) is 11.6 Å². The minimum atomic E-state index is -0.386. The molecule has 0 spiro atoms. The van der Waals surface area contributed by atoms with Gasteiger partial charge in [0.15, 0.2) is 0 Å². The van der Waals surface area contributed by atoms with E-state index < -0.39 is 0 Å². The third-order valence-corrected chi connectivity index (χ3v) is 2.92. The fourth-order valence-electron chi connectivity index (χ4n) is 1.22. The number of nitrogens with zero attached hydrogens (tertiary/aromatic N) is 3. The molecular formula is C10H10BrN5O. The van der Waals surface area contributed by atoms with Crippen molar-refractivity contribution >= 4 is 27.7 Å². The summed E-state index contributed by atoms with van der Waals surface area (Å²) in [6, 6.07) is 1.77. The van der Waals surface area contributed by atoms with Gasteiger partial charge in [0, 0.05) is 10.7 Å². The van der Waals surface area contributed by atoms with E-state index in [2.05, 4.69) is 41.4 Å². The molecule has 1 amide bonds. The average Bonchev–Trinajstić information content (AvgIpc) is 2.70. The third-order valence-electron chi connectivity index (χ3n) is 2.09. The fraction of sp³-hybridized carbons (Fsp3) is 0.200. The van der Waals surface area contributed by atoms with Crippen LogP contribution in [0.1, 0.15) is 22.0 Å². The summed E-state index contributed by atoms with van der Waals surface area (Å²) in [4.78, 5) is 19.7. The van der Waals surface area contributed by atoms with Crippen LogP contribution in [0.4, 0.5) is 5.82 Å². The van der Waals surface area contributed by atoms with Gasteiger partial charge in [0.05, 0.1) is 0 Å². The van der Waals surface area contributed by atoms with E-state index in [-0.39, 0.29) is 11.7 Å². The number of hydrogen-bond acceptors (Lipinski definition) is 4. The number of hydrogen-bond donors (Lipinski definition) is 2. The molecule has 0 atom stereocenters. The predicted octanol–water partition coefficient (Wildman–Crippen LogP) is 1.83. The number of aryl methyl sites for hydroxylation is 2. The zero-order chi connectivity index (χ0) is 12.4. The van der Waals surface area contributed by atoms with Crippen LogP contribution < -0.4 is 5.32 Å². The summed E-state index contributed by atoms with van der Waals surface area (Å²) in [5.41, 5.74) is 0.987. The van der Waals surface area contributed by atoms with Crippen molar-refractivity contribution in [2.45, 2.75) is 13.8 Å². The molecule has 88 valence electrons. The second-order valence-corrected chi connectivity index (χ2v) is 4.37. The van der Waals surface area contributed by atoms with E-state index in [1.165, 1.54) is 0 Å². The van der Waals surface area contributed by atoms with Gasteiger partial charge in [-0.2, -0.15) is 0 Å². The number of H-pyrrole nitrogens is 1. The lowest BCUT2D eigenvalue weighted by atomic mass is 10.3. The summed E-state index contributed by atoms with van der Waals surface area (Å²) in [5, 5.41) is 9.00. The second-order valence-electron chi connectivity index (χ2n) is 3.52. The minimum absolute atomic E-state index is 0.102. The molecule has 0 aliphatic rings. The molecule has 0 aromatic carbocycles. The van der Waals surface area contributed by atoms with Crippen molar-refractivity contribution in [3.63, 3.8) is 0 Å². The number of amides is 1. The fourth-order valence-corrected chi connectivity index (χ4v) is 1.44. The van der Waals surface area contributed by atoms with Gasteiger partial charge in [-0.05, 0) is 41.4 Å². The molecule has 2 heterocycles. The first-order chi connectivity index (χ1) is 8.06. The lowest BCUT2D eigenvalue weighted by Crippen LogP contribution is -2.14. The van der Waals surface area contributed by atoms with Crippen molar-refractivity contribution in [3.05, 3.63) is 33.9 Å². The molecule has 2 N–H and O–H groups in total. The second kappa shape index (κ2) is 4.62. The van der Waals surface area contributed by atoms with Gasteiger partial charge in [0.1, 0.15) is 11.6 Å². The van der Waals surface area contributed by atoms with Gasteiger partial charge in [-0.15, -0.1) is 5.10 Å². The SMILES string of the molecule is Cc1nc(C(=O)Nc2cc(C)c(Br)cn2)n[nH]1. The molecule has 0 radical (unpaired) electrons. The van der Waals surface area contributed by atoms with Crippen LogP contribution in [0, 0.1) is 13.8 Å². The standard InChI is InChI=1S/C10H10BrN5O/c1-5-3-8(12-4-7(5)11)14-10(17)9-13-6(2)15-16-9/h3-4H,1-2H3,(H,12,14,17)(H,13,15,16). The summed E-state index contributed by atoms with van der Waals surface area (Å²) in [6.07, 6.45) is 1.63. The maximum Gasteiger partial charge on any atom is 0.296 e. The number of rotatable bonds is 2. The zero-order valence-corrected chi connectivity index (χ0v) is 10.9. The van der Waals surface area contributed by atoms with Gasteiger partial charge in [-0.1, -0.05) is 0 Å². The average molecular weight is 296 g/mol. The maximum absolute atomic E-state index is 11.7. The zero-order valence-electron chi connectivity index (χ0n) is 9.28. The smallest absolute Gasteiger partial charge is 0.296 e. The molecule has 2 aromatic rings. The summed E-state index contributed by atoms with van der Waals surface area (Å²) in [6.45, 7) is 3.64. The number of pyridine rings is 1. The number of carbonyl (C=O) groups excluding carboxylic acids is 1. The number of anilines is 1. The highest BCUT2D eigenvalue weighted by atomic mass is 79.9. The van der Waals surface area contributed by atoms with Crippen LogP contribution in [0.3, 0.4) is 0 Å². The highest BCUT2D eigenvalue weighted by Gasteiger charge is 2.12. The molecule has 6 nitrogen and oxygen atoms in total. The van der Waals surface area contributed by atoms with Gasteiger partial charge in [0.2, 0.25) is 5.82 Å². The monoisotopic (exact) mass is 295 g/mol. The van der Waals surface area contributed by atoms with Gasteiger partial charge in [-0.25, -0.2) is 9.97 Å². The first-order valence-corrected chi connectivity index (χ1v) is 5.68. The minimum Gasteiger partial charge on any atom is -0.304 e. The molecule has 0 unspecified atom stereocenters. The maximum atomic E-state index is 11.7. The molecule has 17 heavy (non-hydrogen) atoms. The lowest BCUT2D eigenvalue weighted by Gasteiger charge is -2.03. The Morgan fingerprint density at radius 1 is 1.47 bits per heavy atom. The number of nitrogens with one attached hydrogen (secondary N) is 2. The van der Waals surface area contributed by atoms with Crippen molar-refractivity contribution in [2.24, 2.45) is 0 Å². The van der Waals surface area contributed by atoms with Crippen LogP contribution in [0.5, 0.6) is 0 Å². The van der Waals surface area contributed by atoms with E-state index in [9.17, 15) is 4.79 Å². The van der Waals surface area contributed by atoms with E-state index in [1.807, 2.05) is 6.92 Å². The molecular weight excluding hydrogens is 286 g/mol. The van der Waals surface area contributed by atoms with Crippen LogP contribution in [0.15, 0.2) is 16.7 Å². The van der Waals surface area contributed by atoms with Crippen LogP contribution in [0.2, 0.25) is 0 Å². The quantitative estimate of drug-likeness (QED) is 0.885. The summed E-state index contributed by atoms with van der Waals surface area (Å²) in [5.74, 6) is 0.779. The van der Waals surface area contributed by atoms with Crippen LogP contribution in [-0.2, 0) is 0 Å². The van der Waals surface area contributed by atoms with E-state index in [4.69, 9.17) is 0 Å². The van der Waals surface area contributed by atoms with Crippen molar-refractivity contribution in [2.75, 3.05) is 5.32 Å². The number of halogens is 1. The topological polar surface area (TPSA) is 83.6 Å². The predicted molar refractivity (Wildman–Crippen MR) is 65.7 cm³/mol. The highest BCUT2D eigenvalue weighted by Crippen LogP contribution is 2.17. The number of aromatic amines is 1. The Kier molecular flexibility index (Phi) is 3.19. The van der Waals surface area contributed by atoms with E-state index in [1.54, 1.807) is 19.2 Å². The Hall–Kier alpha value is -1.76. The van der Waals surface area contributed by atoms with Crippen LogP contribution in [0.25, 0.3) is 0 Å². The van der Waals surface area contributed by atoms with Crippen molar-refractivity contribution < 1.29 is 4.79 Å². The van der Waals surface area contributed by atoms with Crippen molar-refractivity contribution in [1.29, 1.82) is 0 Å². The van der Waals surface area contributed by atoms with Crippen LogP contribution >= 0.6 is 15.9 Å². The third kappa shape index (κ3) is 2.68. The van der Waals surface area contributed by atoms with Gasteiger partial charge >= 0.3 is 0 Å². The molecule has 2 aromatic heterocycles. The summed E-state index contributed by atoms with van der Waals surface area (Å²) < 4.78 is 0.893. The largest absolute Gasteiger partial charge is 0.304 e. The van der Waals surface area contributed by atoms with Crippen molar-refractivity contribution in [3.8, 4) is 0 Å². The Labute approximate surface area is 106 Å². The molecule has 0 aliphatic carbocycles. The highest BCUT2D eigenvalue weighted by molar-refractivity contribution is 9.10. The summed E-state index contributed by atoms with van der Waals surface area (Å²) >= 11 is 3.34. The lowest BCUT2D eigenvalue weighted by molar-refractivity contribution is 0.101. The van der Waals surface area contributed by atoms with Gasteiger partial charge < -0.3 is 5.32 Å². The molecule has 0 fully saturated rings. The summed E-state index contributed by atoms with van der Waals surface area (Å²) in [7, 11) is 0. The van der Waals surface area contributed by atoms with E-state index >= 15 is 0 Å². The first-order valence-electron chi connectivity index (χ1n) is 4.89. The normalized spacial score (nSPS) is 10.3. The number of aromatic nitrogens is 4. The molecule has 0 aliphatic heterocycles. The molecule has 0 saturated heterocycles. The number of carbonyl (C=O) groups is 1. The molecule has 7 heteroatoms. The van der Waals surface area contributed by atoms with Crippen LogP contribution in [-0.4, -0.2) is 26.1 Å². The Bertz CT molecular complexity index is 566. The Morgan fingerprint density at radius 2 is 2.24 bits per heavy atom. The molecule has 2 rings (SSSR count). The Morgan fingerprint density at radius 3 is 2.82 bits per heavy atom. The van der Waals surface area contributed by atoms with Gasteiger partial charge in [-0.3, -0.25) is 9.89 Å². The first kappa shape index (κ1) is 11.7. The van der Waals surface area contributed by atoms with E-state index in [0.717, 1.165) is 10.0 Å². The van der Waals surface area contributed by atoms with Crippen molar-refractivity contribution in [1.82, 2.24) is 20.2 Å².